The van der Waals surface area contributed by atoms with Crippen molar-refractivity contribution in [3.8, 4) is 22.9 Å². The van der Waals surface area contributed by atoms with E-state index in [4.69, 9.17) is 22.7 Å². The number of phenolic OH excluding ortho intramolecular Hbond substituents is 1. The van der Waals surface area contributed by atoms with Gasteiger partial charge >= 0.3 is 0 Å². The summed E-state index contributed by atoms with van der Waals surface area (Å²) in [7, 11) is 0. The van der Waals surface area contributed by atoms with E-state index in [1.165, 1.54) is 18.2 Å². The minimum absolute atomic E-state index is 0.0299. The number of nitriles is 1. The van der Waals surface area contributed by atoms with E-state index in [9.17, 15) is 19.6 Å². The Morgan fingerprint density at radius 2 is 2.09 bits per heavy atom. The fourth-order valence-electron chi connectivity index (χ4n) is 2.07. The van der Waals surface area contributed by atoms with Crippen molar-refractivity contribution < 1.29 is 14.3 Å². The van der Waals surface area contributed by atoms with E-state index in [2.05, 4.69) is 0 Å². The zero-order chi connectivity index (χ0) is 17.1. The lowest BCUT2D eigenvalue weighted by atomic mass is 9.93. The standard InChI is InChI=1S/C15H10ClFN4O2/c16-8-2-3-9(10(17)5-8)12-7(6-18)1-4-11(22)13(12)14(23)21-15(19)20/h1-5,22H,(H4,19,20,21,23). The first-order chi connectivity index (χ1) is 10.8. The second-order valence-electron chi connectivity index (χ2n) is 4.49. The van der Waals surface area contributed by atoms with E-state index >= 15 is 0 Å². The minimum atomic E-state index is -0.934. The Kier molecular flexibility index (Phi) is 4.48. The lowest BCUT2D eigenvalue weighted by molar-refractivity contribution is 0.0974. The van der Waals surface area contributed by atoms with Crippen molar-refractivity contribution in [2.45, 2.75) is 0 Å². The first-order valence-electron chi connectivity index (χ1n) is 6.22. The maximum absolute atomic E-state index is 14.2. The van der Waals surface area contributed by atoms with Crippen LogP contribution in [0.3, 0.4) is 0 Å². The highest BCUT2D eigenvalue weighted by molar-refractivity contribution is 6.30. The van der Waals surface area contributed by atoms with Crippen LogP contribution in [0.15, 0.2) is 30.3 Å². The normalized spacial score (nSPS) is 9.96. The van der Waals surface area contributed by atoms with Crippen LogP contribution >= 0.6 is 11.6 Å². The molecule has 0 bridgehead atoms. The van der Waals surface area contributed by atoms with E-state index in [0.29, 0.717) is 0 Å². The van der Waals surface area contributed by atoms with Crippen LogP contribution < -0.4 is 11.1 Å². The number of amides is 1. The van der Waals surface area contributed by atoms with Gasteiger partial charge in [0.05, 0.1) is 17.2 Å². The molecule has 0 radical (unpaired) electrons. The molecule has 0 saturated heterocycles. The van der Waals surface area contributed by atoms with Gasteiger partial charge in [-0.15, -0.1) is 0 Å². The number of carbonyl (C=O) groups is 1. The van der Waals surface area contributed by atoms with E-state index in [-0.39, 0.29) is 27.3 Å². The molecule has 0 spiro atoms. The Morgan fingerprint density at radius 1 is 1.39 bits per heavy atom. The molecule has 0 aliphatic carbocycles. The summed E-state index contributed by atoms with van der Waals surface area (Å²) in [5, 5.41) is 28.4. The summed E-state index contributed by atoms with van der Waals surface area (Å²) in [4.78, 5) is 12.2. The number of guanidine groups is 1. The summed E-state index contributed by atoms with van der Waals surface area (Å²) in [5.74, 6) is -2.83. The van der Waals surface area contributed by atoms with Gasteiger partial charge in [-0.05, 0) is 30.3 Å². The summed E-state index contributed by atoms with van der Waals surface area (Å²) in [5.41, 5.74) is 4.51. The van der Waals surface area contributed by atoms with Crippen LogP contribution in [0.1, 0.15) is 15.9 Å². The Hall–Kier alpha value is -3.11. The van der Waals surface area contributed by atoms with Gasteiger partial charge in [-0.3, -0.25) is 15.5 Å². The average Bonchev–Trinajstić information content (AvgIpc) is 2.46. The van der Waals surface area contributed by atoms with E-state index < -0.39 is 23.4 Å². The zero-order valence-electron chi connectivity index (χ0n) is 11.5. The molecule has 2 aromatic carbocycles. The van der Waals surface area contributed by atoms with Gasteiger partial charge < -0.3 is 10.8 Å². The molecule has 0 saturated carbocycles. The lowest BCUT2D eigenvalue weighted by Crippen LogP contribution is -2.36. The highest BCUT2D eigenvalue weighted by Gasteiger charge is 2.23. The molecule has 0 atom stereocenters. The smallest absolute Gasteiger partial charge is 0.262 e. The third kappa shape index (κ3) is 3.22. The Labute approximate surface area is 135 Å². The number of hydrogen-bond donors (Lipinski definition) is 4. The molecule has 6 nitrogen and oxygen atoms in total. The molecule has 0 aliphatic heterocycles. The first-order valence-corrected chi connectivity index (χ1v) is 6.59. The Balaban J connectivity index is 2.79. The number of nitrogens with zero attached hydrogens (tertiary/aromatic N) is 1. The zero-order valence-corrected chi connectivity index (χ0v) is 12.3. The van der Waals surface area contributed by atoms with Gasteiger partial charge in [0.2, 0.25) is 0 Å². The fourth-order valence-corrected chi connectivity index (χ4v) is 2.23. The van der Waals surface area contributed by atoms with Crippen molar-refractivity contribution in [1.29, 1.82) is 10.7 Å². The van der Waals surface area contributed by atoms with Crippen LogP contribution in [0.25, 0.3) is 11.1 Å². The molecular weight excluding hydrogens is 323 g/mol. The monoisotopic (exact) mass is 332 g/mol. The molecule has 2 aromatic rings. The number of rotatable bonds is 2. The molecule has 23 heavy (non-hydrogen) atoms. The van der Waals surface area contributed by atoms with Gasteiger partial charge in [0.25, 0.3) is 5.91 Å². The Bertz CT molecular complexity index is 861. The van der Waals surface area contributed by atoms with Crippen molar-refractivity contribution in [1.82, 2.24) is 5.32 Å². The molecule has 2 rings (SSSR count). The number of nitrogens with two attached hydrogens (primary N) is 1. The van der Waals surface area contributed by atoms with Gasteiger partial charge in [-0.25, -0.2) is 4.39 Å². The molecule has 5 N–H and O–H groups in total. The molecule has 1 amide bonds. The van der Waals surface area contributed by atoms with Crippen molar-refractivity contribution >= 4 is 23.5 Å². The van der Waals surface area contributed by atoms with Crippen LogP contribution in [0.4, 0.5) is 4.39 Å². The highest BCUT2D eigenvalue weighted by atomic mass is 35.5. The molecule has 116 valence electrons. The van der Waals surface area contributed by atoms with Crippen molar-refractivity contribution in [3.05, 3.63) is 52.3 Å². The molecule has 8 heteroatoms. The van der Waals surface area contributed by atoms with Crippen LogP contribution in [-0.4, -0.2) is 17.0 Å². The van der Waals surface area contributed by atoms with Crippen LogP contribution in [0, 0.1) is 22.6 Å². The third-order valence-corrected chi connectivity index (χ3v) is 3.21. The van der Waals surface area contributed by atoms with Gasteiger partial charge in [-0.1, -0.05) is 11.6 Å². The quantitative estimate of drug-likeness (QED) is 0.498. The van der Waals surface area contributed by atoms with Crippen molar-refractivity contribution in [3.63, 3.8) is 0 Å². The number of aromatic hydroxyl groups is 1. The minimum Gasteiger partial charge on any atom is -0.507 e. The first kappa shape index (κ1) is 16.3. The summed E-state index contributed by atoms with van der Waals surface area (Å²) in [6.45, 7) is 0. The topological polar surface area (TPSA) is 123 Å². The van der Waals surface area contributed by atoms with Gasteiger partial charge in [0, 0.05) is 16.1 Å². The molecule has 0 aromatic heterocycles. The summed E-state index contributed by atoms with van der Waals surface area (Å²) in [6, 6.07) is 7.92. The number of nitrogens with one attached hydrogen (secondary N) is 2. The van der Waals surface area contributed by atoms with E-state index in [1.807, 2.05) is 11.4 Å². The maximum atomic E-state index is 14.2. The number of phenols is 1. The van der Waals surface area contributed by atoms with Crippen LogP contribution in [-0.2, 0) is 0 Å². The number of halogens is 2. The van der Waals surface area contributed by atoms with E-state index in [1.54, 1.807) is 0 Å². The predicted octanol–water partition coefficient (Wildman–Crippen LogP) is 2.35. The third-order valence-electron chi connectivity index (χ3n) is 2.98. The summed E-state index contributed by atoms with van der Waals surface area (Å²) < 4.78 is 14.2. The number of carbonyl (C=O) groups excluding carboxylic acids is 1. The van der Waals surface area contributed by atoms with Crippen molar-refractivity contribution in [2.75, 3.05) is 0 Å². The predicted molar refractivity (Wildman–Crippen MR) is 82.6 cm³/mol. The second-order valence-corrected chi connectivity index (χ2v) is 4.92. The van der Waals surface area contributed by atoms with E-state index in [0.717, 1.165) is 12.1 Å². The summed E-state index contributed by atoms with van der Waals surface area (Å²) >= 11 is 5.70. The van der Waals surface area contributed by atoms with Crippen molar-refractivity contribution in [2.24, 2.45) is 5.73 Å². The maximum Gasteiger partial charge on any atom is 0.262 e. The Morgan fingerprint density at radius 3 is 2.65 bits per heavy atom. The largest absolute Gasteiger partial charge is 0.507 e. The van der Waals surface area contributed by atoms with Gasteiger partial charge in [0.1, 0.15) is 11.6 Å². The SMILES string of the molecule is N#Cc1ccc(O)c(C(=O)NC(=N)N)c1-c1ccc(Cl)cc1F. The van der Waals surface area contributed by atoms with Gasteiger partial charge in [-0.2, -0.15) is 5.26 Å². The molecule has 0 unspecified atom stereocenters. The molecule has 0 aliphatic rings. The van der Waals surface area contributed by atoms with Crippen LogP contribution in [0.5, 0.6) is 5.75 Å². The number of benzene rings is 2. The molecular formula is C15H10ClFN4O2. The van der Waals surface area contributed by atoms with Gasteiger partial charge in [0.15, 0.2) is 5.96 Å². The fraction of sp³-hybridized carbons (Fsp3) is 0. The molecule has 0 heterocycles. The second kappa shape index (κ2) is 6.34. The summed E-state index contributed by atoms with van der Waals surface area (Å²) in [6.07, 6.45) is 0. The highest BCUT2D eigenvalue weighted by Crippen LogP contribution is 2.35. The number of hydrogen-bond acceptors (Lipinski definition) is 4. The van der Waals surface area contributed by atoms with Crippen LogP contribution in [0.2, 0.25) is 5.02 Å². The molecule has 0 fully saturated rings. The lowest BCUT2D eigenvalue weighted by Gasteiger charge is -2.14. The average molecular weight is 333 g/mol.